The lowest BCUT2D eigenvalue weighted by molar-refractivity contribution is 0.0710. The number of benzene rings is 2. The Labute approximate surface area is 227 Å². The fourth-order valence-corrected chi connectivity index (χ4v) is 5.44. The fraction of sp³-hybridized carbons (Fsp3) is 0.194. The van der Waals surface area contributed by atoms with Crippen LogP contribution in [0.2, 0.25) is 0 Å². The molecule has 194 valence electrons. The van der Waals surface area contributed by atoms with Gasteiger partial charge in [0.1, 0.15) is 5.82 Å². The molecule has 4 heterocycles. The van der Waals surface area contributed by atoms with Crippen molar-refractivity contribution in [3.63, 3.8) is 0 Å². The Hall–Kier alpha value is -4.85. The zero-order valence-electron chi connectivity index (χ0n) is 21.5. The van der Waals surface area contributed by atoms with Gasteiger partial charge in [-0.3, -0.25) is 14.3 Å². The van der Waals surface area contributed by atoms with Gasteiger partial charge in [0, 0.05) is 30.9 Å². The summed E-state index contributed by atoms with van der Waals surface area (Å²) in [6.45, 7) is 1.02. The van der Waals surface area contributed by atoms with Gasteiger partial charge in [0.2, 0.25) is 5.82 Å². The normalized spacial score (nSPS) is 15.0. The largest absolute Gasteiger partial charge is 0.363 e. The third-order valence-electron chi connectivity index (χ3n) is 7.18. The van der Waals surface area contributed by atoms with Gasteiger partial charge in [-0.1, -0.05) is 66.7 Å². The van der Waals surface area contributed by atoms with E-state index in [0.717, 1.165) is 24.3 Å². The SMILES string of the molecule is O=C(c1nnc(CNc2ccccn2)n1-c1cccnc1)N1CCC[C@@H]1C(c1ccccc1)c1ccccc1. The molecular weight excluding hydrogens is 486 g/mol. The van der Waals surface area contributed by atoms with Gasteiger partial charge in [-0.05, 0) is 48.2 Å². The monoisotopic (exact) mass is 515 g/mol. The average molecular weight is 516 g/mol. The number of carbonyl (C=O) groups excluding carboxylic acids is 1. The van der Waals surface area contributed by atoms with Gasteiger partial charge in [0.15, 0.2) is 5.82 Å². The second-order valence-electron chi connectivity index (χ2n) is 9.56. The van der Waals surface area contributed by atoms with E-state index < -0.39 is 0 Å². The van der Waals surface area contributed by atoms with E-state index in [9.17, 15) is 4.79 Å². The number of carbonyl (C=O) groups is 1. The molecule has 0 aliphatic carbocycles. The molecule has 1 atom stereocenters. The van der Waals surface area contributed by atoms with E-state index in [2.05, 4.69) is 74.0 Å². The second kappa shape index (κ2) is 11.3. The molecule has 0 unspecified atom stereocenters. The van der Waals surface area contributed by atoms with Crippen LogP contribution in [0.5, 0.6) is 0 Å². The summed E-state index contributed by atoms with van der Waals surface area (Å²) < 4.78 is 1.81. The number of nitrogens with one attached hydrogen (secondary N) is 1. The van der Waals surface area contributed by atoms with Gasteiger partial charge in [0.05, 0.1) is 18.4 Å². The lowest BCUT2D eigenvalue weighted by Gasteiger charge is -2.32. The minimum absolute atomic E-state index is 0.00329. The third kappa shape index (κ3) is 5.13. The van der Waals surface area contributed by atoms with E-state index in [0.29, 0.717) is 18.9 Å². The van der Waals surface area contributed by atoms with Crippen LogP contribution < -0.4 is 5.32 Å². The molecule has 0 spiro atoms. The molecule has 1 N–H and O–H groups in total. The number of aromatic nitrogens is 5. The molecule has 1 aliphatic heterocycles. The zero-order chi connectivity index (χ0) is 26.4. The fourth-order valence-electron chi connectivity index (χ4n) is 5.44. The van der Waals surface area contributed by atoms with Gasteiger partial charge >= 0.3 is 0 Å². The van der Waals surface area contributed by atoms with Crippen molar-refractivity contribution in [1.29, 1.82) is 0 Å². The number of anilines is 1. The van der Waals surface area contributed by atoms with Gasteiger partial charge < -0.3 is 10.2 Å². The number of pyridine rings is 2. The summed E-state index contributed by atoms with van der Waals surface area (Å²) in [6.07, 6.45) is 7.01. The van der Waals surface area contributed by atoms with Gasteiger partial charge in [-0.2, -0.15) is 0 Å². The summed E-state index contributed by atoms with van der Waals surface area (Å²) in [6, 6.07) is 30.3. The smallest absolute Gasteiger partial charge is 0.292 e. The van der Waals surface area contributed by atoms with Crippen LogP contribution >= 0.6 is 0 Å². The van der Waals surface area contributed by atoms with Crippen molar-refractivity contribution in [2.75, 3.05) is 11.9 Å². The van der Waals surface area contributed by atoms with Crippen molar-refractivity contribution in [1.82, 2.24) is 29.6 Å². The molecule has 8 nitrogen and oxygen atoms in total. The highest BCUT2D eigenvalue weighted by Crippen LogP contribution is 2.37. The van der Waals surface area contributed by atoms with Crippen molar-refractivity contribution >= 4 is 11.7 Å². The molecule has 1 aliphatic rings. The molecule has 0 saturated carbocycles. The summed E-state index contributed by atoms with van der Waals surface area (Å²) in [5.41, 5.74) is 3.13. The standard InChI is InChI=1S/C31H29N7O/c39-31(37-20-10-16-26(37)29(23-11-3-1-4-12-23)24-13-5-2-6-14-24)30-36-35-28(22-34-27-17-7-8-19-33-27)38(30)25-15-9-18-32-21-25/h1-9,11-15,17-19,21,26,29H,10,16,20,22H2,(H,33,34)/t26-/m1/s1. The Kier molecular flexibility index (Phi) is 7.07. The number of hydrogen-bond acceptors (Lipinski definition) is 6. The number of likely N-dealkylation sites (tertiary alicyclic amines) is 1. The quantitative estimate of drug-likeness (QED) is 0.309. The zero-order valence-corrected chi connectivity index (χ0v) is 21.5. The first-order valence-electron chi connectivity index (χ1n) is 13.2. The predicted molar refractivity (Wildman–Crippen MR) is 150 cm³/mol. The molecule has 0 radical (unpaired) electrons. The Balaban J connectivity index is 1.36. The van der Waals surface area contributed by atoms with E-state index in [1.807, 2.05) is 47.4 Å². The van der Waals surface area contributed by atoms with Crippen LogP contribution in [-0.4, -0.2) is 48.1 Å². The van der Waals surface area contributed by atoms with Crippen LogP contribution in [0.1, 0.15) is 46.3 Å². The highest BCUT2D eigenvalue weighted by molar-refractivity contribution is 5.92. The van der Waals surface area contributed by atoms with Crippen LogP contribution in [0.15, 0.2) is 110 Å². The molecule has 8 heteroatoms. The average Bonchev–Trinajstić information content (AvgIpc) is 3.66. The topological polar surface area (TPSA) is 88.8 Å². The second-order valence-corrected chi connectivity index (χ2v) is 9.56. The van der Waals surface area contributed by atoms with E-state index >= 15 is 0 Å². The molecule has 1 amide bonds. The summed E-state index contributed by atoms with van der Waals surface area (Å²) in [5.74, 6) is 1.54. The summed E-state index contributed by atoms with van der Waals surface area (Å²) in [5, 5.41) is 12.1. The highest BCUT2D eigenvalue weighted by atomic mass is 16.2. The molecule has 39 heavy (non-hydrogen) atoms. The van der Waals surface area contributed by atoms with Crippen LogP contribution in [0.3, 0.4) is 0 Å². The summed E-state index contributed by atoms with van der Waals surface area (Å²) >= 11 is 0. The van der Waals surface area contributed by atoms with Crippen molar-refractivity contribution in [2.24, 2.45) is 0 Å². The van der Waals surface area contributed by atoms with Crippen molar-refractivity contribution in [3.05, 3.63) is 132 Å². The molecule has 6 rings (SSSR count). The minimum atomic E-state index is -0.130. The number of nitrogens with zero attached hydrogens (tertiary/aromatic N) is 6. The van der Waals surface area contributed by atoms with Gasteiger partial charge in [0.25, 0.3) is 5.91 Å². The van der Waals surface area contributed by atoms with E-state index in [4.69, 9.17) is 0 Å². The molecule has 2 aromatic carbocycles. The first-order valence-corrected chi connectivity index (χ1v) is 13.2. The Bertz CT molecular complexity index is 1470. The highest BCUT2D eigenvalue weighted by Gasteiger charge is 2.38. The molecule has 3 aromatic heterocycles. The maximum atomic E-state index is 14.3. The van der Waals surface area contributed by atoms with Crippen molar-refractivity contribution < 1.29 is 4.79 Å². The molecule has 1 fully saturated rings. The van der Waals surface area contributed by atoms with Crippen molar-refractivity contribution in [2.45, 2.75) is 31.3 Å². The summed E-state index contributed by atoms with van der Waals surface area (Å²) in [7, 11) is 0. The van der Waals surface area contributed by atoms with E-state index in [-0.39, 0.29) is 23.7 Å². The lowest BCUT2D eigenvalue weighted by Crippen LogP contribution is -2.40. The number of amides is 1. The molecular formula is C31H29N7O. The van der Waals surface area contributed by atoms with Crippen LogP contribution in [0.4, 0.5) is 5.82 Å². The maximum Gasteiger partial charge on any atom is 0.292 e. The molecule has 0 bridgehead atoms. The first-order chi connectivity index (χ1) is 19.3. The predicted octanol–water partition coefficient (Wildman–Crippen LogP) is 5.11. The van der Waals surface area contributed by atoms with Crippen LogP contribution in [0, 0.1) is 0 Å². The minimum Gasteiger partial charge on any atom is -0.363 e. The number of hydrogen-bond donors (Lipinski definition) is 1. The maximum absolute atomic E-state index is 14.3. The van der Waals surface area contributed by atoms with Gasteiger partial charge in [-0.25, -0.2) is 4.98 Å². The van der Waals surface area contributed by atoms with Crippen molar-refractivity contribution in [3.8, 4) is 5.69 Å². The van der Waals surface area contributed by atoms with E-state index in [1.165, 1.54) is 11.1 Å². The first kappa shape index (κ1) is 24.5. The van der Waals surface area contributed by atoms with Gasteiger partial charge in [-0.15, -0.1) is 10.2 Å². The lowest BCUT2D eigenvalue weighted by atomic mass is 9.84. The Morgan fingerprint density at radius 1 is 0.872 bits per heavy atom. The number of rotatable bonds is 8. The summed E-state index contributed by atoms with van der Waals surface area (Å²) in [4.78, 5) is 24.9. The molecule has 5 aromatic rings. The Morgan fingerprint density at radius 3 is 2.28 bits per heavy atom. The van der Waals surface area contributed by atoms with Crippen LogP contribution in [-0.2, 0) is 6.54 Å². The van der Waals surface area contributed by atoms with Crippen LogP contribution in [0.25, 0.3) is 5.69 Å². The Morgan fingerprint density at radius 2 is 1.62 bits per heavy atom. The van der Waals surface area contributed by atoms with E-state index in [1.54, 1.807) is 23.2 Å². The molecule has 1 saturated heterocycles. The third-order valence-corrected chi connectivity index (χ3v) is 7.18.